The van der Waals surface area contributed by atoms with Crippen molar-refractivity contribution >= 4 is 12.0 Å². The number of hydrogen-bond acceptors (Lipinski definition) is 5. The molecule has 1 amide bonds. The number of aryl methyl sites for hydroxylation is 1. The minimum atomic E-state index is -0.535. The number of likely N-dealkylation sites (tertiary alicyclic amines) is 1. The molecule has 1 aromatic heterocycles. The van der Waals surface area contributed by atoms with E-state index in [-0.39, 0.29) is 0 Å². The maximum atomic E-state index is 11.0. The molecule has 2 N–H and O–H groups in total. The fourth-order valence-corrected chi connectivity index (χ4v) is 3.20. The Morgan fingerprint density at radius 2 is 2.20 bits per heavy atom. The van der Waals surface area contributed by atoms with Crippen LogP contribution in [0.3, 0.4) is 0 Å². The molecule has 0 radical (unpaired) electrons. The van der Waals surface area contributed by atoms with E-state index in [0.29, 0.717) is 6.04 Å². The Balaban J connectivity index is 1.61. The van der Waals surface area contributed by atoms with Crippen LogP contribution in [-0.2, 0) is 18.4 Å². The van der Waals surface area contributed by atoms with E-state index in [0.717, 1.165) is 31.6 Å². The number of nitrogens with zero attached hydrogens (tertiary/aromatic N) is 5. The van der Waals surface area contributed by atoms with Gasteiger partial charge in [-0.2, -0.15) is 0 Å². The molecule has 1 aliphatic heterocycles. The van der Waals surface area contributed by atoms with Crippen LogP contribution in [0.15, 0.2) is 36.7 Å². The maximum Gasteiger partial charge on any atom is 0.267 e. The minimum absolute atomic E-state index is 0.413. The Kier molecular flexibility index (Phi) is 5.52. The third-order valence-corrected chi connectivity index (χ3v) is 4.43. The average molecular weight is 343 g/mol. The summed E-state index contributed by atoms with van der Waals surface area (Å²) in [6.07, 6.45) is 7.19. The van der Waals surface area contributed by atoms with Gasteiger partial charge in [-0.15, -0.1) is 4.68 Å². The standard InChI is InChI=1S/C17H22N6O2/c1-21-13-23(20-19-21)12-11-22-10-2-3-16(22)15-7-4-14(5-8-15)6-9-17(24)18-25/h4-9,13,16H,2-3,10-12H2,1H3,(H-,18,19,20,24,25)/p+1. The highest BCUT2D eigenvalue weighted by Crippen LogP contribution is 2.31. The second-order valence-corrected chi connectivity index (χ2v) is 6.20. The van der Waals surface area contributed by atoms with Crippen molar-refractivity contribution in [3.8, 4) is 0 Å². The Morgan fingerprint density at radius 3 is 2.88 bits per heavy atom. The molecule has 1 fully saturated rings. The van der Waals surface area contributed by atoms with Crippen molar-refractivity contribution in [2.75, 3.05) is 13.1 Å². The summed E-state index contributed by atoms with van der Waals surface area (Å²) in [5.74, 6) is -0.535. The van der Waals surface area contributed by atoms with Crippen LogP contribution in [0.2, 0.25) is 0 Å². The van der Waals surface area contributed by atoms with Crippen molar-refractivity contribution in [3.63, 3.8) is 0 Å². The molecule has 0 aliphatic carbocycles. The molecule has 0 spiro atoms. The van der Waals surface area contributed by atoms with E-state index in [1.54, 1.807) is 16.2 Å². The Hall–Kier alpha value is -2.58. The van der Waals surface area contributed by atoms with Gasteiger partial charge in [0.05, 0.1) is 7.05 Å². The van der Waals surface area contributed by atoms with Gasteiger partial charge in [0.15, 0.2) is 5.21 Å². The number of aromatic nitrogens is 4. The predicted molar refractivity (Wildman–Crippen MR) is 90.2 cm³/mol. The van der Waals surface area contributed by atoms with E-state index in [2.05, 4.69) is 27.5 Å². The molecule has 8 nitrogen and oxygen atoms in total. The summed E-state index contributed by atoms with van der Waals surface area (Å²) >= 11 is 0. The third kappa shape index (κ3) is 4.49. The van der Waals surface area contributed by atoms with Crippen LogP contribution in [0.25, 0.3) is 6.08 Å². The van der Waals surface area contributed by atoms with Crippen LogP contribution >= 0.6 is 0 Å². The van der Waals surface area contributed by atoms with Crippen molar-refractivity contribution in [2.45, 2.75) is 25.4 Å². The summed E-state index contributed by atoms with van der Waals surface area (Å²) in [6, 6.07) is 8.61. The lowest BCUT2D eigenvalue weighted by Gasteiger charge is -2.23. The third-order valence-electron chi connectivity index (χ3n) is 4.43. The van der Waals surface area contributed by atoms with Gasteiger partial charge >= 0.3 is 0 Å². The quantitative estimate of drug-likeness (QED) is 0.344. The van der Waals surface area contributed by atoms with Crippen molar-refractivity contribution in [1.82, 2.24) is 25.5 Å². The van der Waals surface area contributed by atoms with Gasteiger partial charge in [-0.25, -0.2) is 5.48 Å². The number of hydroxylamine groups is 1. The molecule has 1 unspecified atom stereocenters. The number of tetrazole rings is 1. The molecule has 1 aliphatic rings. The molecule has 1 saturated heterocycles. The van der Waals surface area contributed by atoms with Crippen LogP contribution in [0, 0.1) is 0 Å². The fraction of sp³-hybridized carbons (Fsp3) is 0.412. The van der Waals surface area contributed by atoms with Gasteiger partial charge in [-0.1, -0.05) is 28.9 Å². The zero-order valence-electron chi connectivity index (χ0n) is 14.2. The van der Waals surface area contributed by atoms with Gasteiger partial charge in [0.2, 0.25) is 6.33 Å². The lowest BCUT2D eigenvalue weighted by atomic mass is 10.0. The highest BCUT2D eigenvalue weighted by Gasteiger charge is 2.26. The zero-order chi connectivity index (χ0) is 17.6. The van der Waals surface area contributed by atoms with Crippen LogP contribution in [0.1, 0.15) is 30.0 Å². The van der Waals surface area contributed by atoms with Gasteiger partial charge in [0, 0.05) is 18.7 Å². The van der Waals surface area contributed by atoms with Gasteiger partial charge in [-0.05, 0) is 36.6 Å². The largest absolute Gasteiger partial charge is 0.293 e. The van der Waals surface area contributed by atoms with Crippen molar-refractivity contribution < 1.29 is 14.7 Å². The summed E-state index contributed by atoms with van der Waals surface area (Å²) in [5, 5.41) is 16.5. The average Bonchev–Trinajstić information content (AvgIpc) is 3.27. The minimum Gasteiger partial charge on any atom is -0.293 e. The number of benzene rings is 1. The van der Waals surface area contributed by atoms with E-state index in [1.165, 1.54) is 18.1 Å². The zero-order valence-corrected chi connectivity index (χ0v) is 14.2. The SMILES string of the molecule is C[n+]1cn(CCN2CCCC2c2ccc(C=CC(=O)NO)cc2)nn1. The second kappa shape index (κ2) is 8.00. The molecule has 132 valence electrons. The molecule has 0 saturated carbocycles. The molecule has 25 heavy (non-hydrogen) atoms. The summed E-state index contributed by atoms with van der Waals surface area (Å²) < 4.78 is 3.56. The molecular weight excluding hydrogens is 320 g/mol. The number of hydrogen-bond donors (Lipinski definition) is 2. The van der Waals surface area contributed by atoms with Crippen molar-refractivity contribution in [3.05, 3.63) is 47.8 Å². The summed E-state index contributed by atoms with van der Waals surface area (Å²) in [6.45, 7) is 2.84. The Labute approximate surface area is 146 Å². The second-order valence-electron chi connectivity index (χ2n) is 6.20. The number of nitrogens with one attached hydrogen (secondary N) is 1. The van der Waals surface area contributed by atoms with Crippen LogP contribution in [0.4, 0.5) is 0 Å². The molecular formula is C17H23N6O2+. The maximum absolute atomic E-state index is 11.0. The summed E-state index contributed by atoms with van der Waals surface area (Å²) in [7, 11) is 1.86. The van der Waals surface area contributed by atoms with E-state index in [1.807, 2.05) is 30.2 Å². The first-order valence-electron chi connectivity index (χ1n) is 8.38. The van der Waals surface area contributed by atoms with Crippen molar-refractivity contribution in [2.24, 2.45) is 7.05 Å². The first kappa shape index (κ1) is 17.2. The van der Waals surface area contributed by atoms with E-state index in [4.69, 9.17) is 5.21 Å². The number of amides is 1. The van der Waals surface area contributed by atoms with Crippen LogP contribution in [-0.4, -0.2) is 44.2 Å². The Morgan fingerprint density at radius 1 is 1.40 bits per heavy atom. The lowest BCUT2D eigenvalue weighted by molar-refractivity contribution is -0.731. The summed E-state index contributed by atoms with van der Waals surface area (Å²) in [5.41, 5.74) is 3.79. The molecule has 2 aromatic rings. The first-order chi connectivity index (χ1) is 12.2. The molecule has 3 rings (SSSR count). The first-order valence-corrected chi connectivity index (χ1v) is 8.38. The van der Waals surface area contributed by atoms with E-state index in [9.17, 15) is 4.79 Å². The fourth-order valence-electron chi connectivity index (χ4n) is 3.20. The van der Waals surface area contributed by atoms with Crippen LogP contribution in [0.5, 0.6) is 0 Å². The van der Waals surface area contributed by atoms with Crippen LogP contribution < -0.4 is 10.2 Å². The normalized spacial score (nSPS) is 18.1. The molecule has 0 bridgehead atoms. The number of rotatable bonds is 6. The lowest BCUT2D eigenvalue weighted by Crippen LogP contribution is -2.30. The topological polar surface area (TPSA) is 87.2 Å². The predicted octanol–water partition coefficient (Wildman–Crippen LogP) is 0.458. The molecule has 1 aromatic carbocycles. The van der Waals surface area contributed by atoms with Gasteiger partial charge in [0.1, 0.15) is 11.8 Å². The summed E-state index contributed by atoms with van der Waals surface area (Å²) in [4.78, 5) is 13.5. The van der Waals surface area contributed by atoms with Gasteiger partial charge in [-0.3, -0.25) is 14.9 Å². The molecule has 8 heteroatoms. The van der Waals surface area contributed by atoms with E-state index >= 15 is 0 Å². The highest BCUT2D eigenvalue weighted by molar-refractivity contribution is 5.90. The number of carbonyl (C=O) groups is 1. The smallest absolute Gasteiger partial charge is 0.267 e. The monoisotopic (exact) mass is 343 g/mol. The molecule has 2 heterocycles. The van der Waals surface area contributed by atoms with Crippen molar-refractivity contribution in [1.29, 1.82) is 0 Å². The highest BCUT2D eigenvalue weighted by atomic mass is 16.5. The Bertz CT molecular complexity index is 740. The number of carbonyl (C=O) groups excluding carboxylic acids is 1. The van der Waals surface area contributed by atoms with Gasteiger partial charge in [0.25, 0.3) is 5.91 Å². The van der Waals surface area contributed by atoms with E-state index < -0.39 is 5.91 Å². The molecule has 1 atom stereocenters. The van der Waals surface area contributed by atoms with Gasteiger partial charge < -0.3 is 0 Å².